The van der Waals surface area contributed by atoms with E-state index in [9.17, 15) is 27.6 Å². The lowest BCUT2D eigenvalue weighted by molar-refractivity contribution is -0.193. The van der Waals surface area contributed by atoms with Crippen LogP contribution in [0.4, 0.5) is 18.0 Å². The number of alkyl halides is 3. The van der Waals surface area contributed by atoms with Crippen LogP contribution in [-0.4, -0.2) is 57.6 Å². The van der Waals surface area contributed by atoms with Gasteiger partial charge in [0.05, 0.1) is 5.56 Å². The van der Waals surface area contributed by atoms with E-state index < -0.39 is 35.8 Å². The lowest BCUT2D eigenvalue weighted by atomic mass is 9.72. The number of hydrogen-bond donors (Lipinski definition) is 3. The minimum atomic E-state index is -5.08. The summed E-state index contributed by atoms with van der Waals surface area (Å²) >= 11 is 1.64. The number of amides is 3. The molecule has 38 heavy (non-hydrogen) atoms. The molecule has 1 aliphatic heterocycles. The second kappa shape index (κ2) is 12.7. The Hall–Kier alpha value is -3.74. The average Bonchev–Trinajstić information content (AvgIpc) is 2.88. The van der Waals surface area contributed by atoms with Gasteiger partial charge in [-0.3, -0.25) is 4.79 Å². The van der Waals surface area contributed by atoms with Crippen molar-refractivity contribution in [3.05, 3.63) is 59.7 Å². The van der Waals surface area contributed by atoms with Gasteiger partial charge in [-0.15, -0.1) is 11.8 Å². The van der Waals surface area contributed by atoms with Crippen LogP contribution in [-0.2, 0) is 16.1 Å². The van der Waals surface area contributed by atoms with Crippen LogP contribution >= 0.6 is 11.8 Å². The quantitative estimate of drug-likeness (QED) is 0.306. The van der Waals surface area contributed by atoms with Crippen molar-refractivity contribution in [2.45, 2.75) is 50.5 Å². The van der Waals surface area contributed by atoms with Gasteiger partial charge in [0.2, 0.25) is 5.91 Å². The molecule has 1 unspecified atom stereocenters. The SMILES string of the molecule is CCC1(CC)C(=O)N(C(=O)NCc2ccc(SC)cc2)C1Oc1ccc(C(=O)O)cc1.O=C(O)C(F)(F)F. The van der Waals surface area contributed by atoms with Crippen LogP contribution in [0.2, 0.25) is 0 Å². The van der Waals surface area contributed by atoms with Gasteiger partial charge in [-0.25, -0.2) is 19.3 Å². The number of benzene rings is 2. The van der Waals surface area contributed by atoms with Crippen molar-refractivity contribution in [1.29, 1.82) is 0 Å². The Morgan fingerprint density at radius 2 is 1.55 bits per heavy atom. The fourth-order valence-electron chi connectivity index (χ4n) is 3.71. The van der Waals surface area contributed by atoms with Gasteiger partial charge in [-0.1, -0.05) is 26.0 Å². The molecule has 206 valence electrons. The van der Waals surface area contributed by atoms with E-state index in [0.29, 0.717) is 25.1 Å². The van der Waals surface area contributed by atoms with Crippen LogP contribution in [0.1, 0.15) is 42.6 Å². The summed E-state index contributed by atoms with van der Waals surface area (Å²) in [5.74, 6) is -3.65. The maximum absolute atomic E-state index is 12.9. The average molecular weight is 557 g/mol. The number of nitrogens with one attached hydrogen (secondary N) is 1. The van der Waals surface area contributed by atoms with Gasteiger partial charge in [0, 0.05) is 11.4 Å². The normalized spacial score (nSPS) is 16.0. The first kappa shape index (κ1) is 30.5. The molecule has 13 heteroatoms. The summed E-state index contributed by atoms with van der Waals surface area (Å²) in [6.07, 6.45) is -2.79. The standard InChI is InChI=1S/C23H26N2O5S.C2HF3O2/c1-4-23(5-2)20(28)25(21(23)30-17-10-8-16(9-11-17)19(26)27)22(29)24-14-15-6-12-18(31-3)13-7-15;3-2(4,5)1(6)7/h6-13,21H,4-5,14H2,1-3H3,(H,24,29)(H,26,27);(H,6,7). The molecule has 3 rings (SSSR count). The fourth-order valence-corrected chi connectivity index (χ4v) is 4.12. The van der Waals surface area contributed by atoms with Crippen LogP contribution in [0.5, 0.6) is 5.75 Å². The highest BCUT2D eigenvalue weighted by molar-refractivity contribution is 7.98. The first-order valence-corrected chi connectivity index (χ1v) is 12.6. The molecule has 9 nitrogen and oxygen atoms in total. The van der Waals surface area contributed by atoms with E-state index in [1.165, 1.54) is 24.3 Å². The minimum Gasteiger partial charge on any atom is -0.478 e. The number of ether oxygens (including phenoxy) is 1. The molecule has 0 radical (unpaired) electrons. The third-order valence-electron chi connectivity index (χ3n) is 6.03. The molecule has 0 bridgehead atoms. The summed E-state index contributed by atoms with van der Waals surface area (Å²) in [5.41, 5.74) is 0.275. The Labute approximate surface area is 221 Å². The maximum atomic E-state index is 12.9. The number of halogens is 3. The molecule has 3 amide bonds. The minimum absolute atomic E-state index is 0.136. The molecule has 0 saturated carbocycles. The third-order valence-corrected chi connectivity index (χ3v) is 6.77. The number of likely N-dealkylation sites (tertiary alicyclic amines) is 1. The smallest absolute Gasteiger partial charge is 0.478 e. The number of thioether (sulfide) groups is 1. The molecule has 1 atom stereocenters. The van der Waals surface area contributed by atoms with E-state index in [-0.39, 0.29) is 11.5 Å². The summed E-state index contributed by atoms with van der Waals surface area (Å²) < 4.78 is 37.8. The zero-order valence-electron chi connectivity index (χ0n) is 20.7. The van der Waals surface area contributed by atoms with E-state index in [2.05, 4.69) is 5.32 Å². The van der Waals surface area contributed by atoms with E-state index >= 15 is 0 Å². The second-order valence-electron chi connectivity index (χ2n) is 8.15. The van der Waals surface area contributed by atoms with Crippen LogP contribution in [0.3, 0.4) is 0 Å². The maximum Gasteiger partial charge on any atom is 0.490 e. The molecular weight excluding hydrogens is 529 g/mol. The van der Waals surface area contributed by atoms with Gasteiger partial charge in [-0.05, 0) is 61.1 Å². The summed E-state index contributed by atoms with van der Waals surface area (Å²) in [5, 5.41) is 19.0. The largest absolute Gasteiger partial charge is 0.490 e. The van der Waals surface area contributed by atoms with Crippen LogP contribution in [0.15, 0.2) is 53.4 Å². The monoisotopic (exact) mass is 556 g/mol. The van der Waals surface area contributed by atoms with Crippen LogP contribution < -0.4 is 10.1 Å². The van der Waals surface area contributed by atoms with E-state index in [4.69, 9.17) is 19.7 Å². The number of carboxylic acids is 2. The molecule has 0 aliphatic carbocycles. The summed E-state index contributed by atoms with van der Waals surface area (Å²) in [4.78, 5) is 48.0. The summed E-state index contributed by atoms with van der Waals surface area (Å²) in [7, 11) is 0. The highest BCUT2D eigenvalue weighted by Gasteiger charge is 2.62. The predicted molar refractivity (Wildman–Crippen MR) is 132 cm³/mol. The number of carbonyl (C=O) groups excluding carboxylic acids is 2. The molecule has 0 aromatic heterocycles. The summed E-state index contributed by atoms with van der Waals surface area (Å²) in [6.45, 7) is 4.09. The molecule has 1 fully saturated rings. The number of hydrogen-bond acceptors (Lipinski definition) is 6. The molecule has 2 aromatic rings. The number of urea groups is 1. The number of imide groups is 1. The zero-order chi connectivity index (χ0) is 28.7. The third kappa shape index (κ3) is 6.97. The van der Waals surface area contributed by atoms with Crippen LogP contribution in [0, 0.1) is 5.41 Å². The first-order chi connectivity index (χ1) is 17.8. The number of rotatable bonds is 8. The highest BCUT2D eigenvalue weighted by Crippen LogP contribution is 2.46. The molecule has 1 heterocycles. The first-order valence-electron chi connectivity index (χ1n) is 11.3. The van der Waals surface area contributed by atoms with Gasteiger partial charge < -0.3 is 20.3 Å². The highest BCUT2D eigenvalue weighted by atomic mass is 32.2. The number of aromatic carboxylic acids is 1. The van der Waals surface area contributed by atoms with Gasteiger partial charge in [0.1, 0.15) is 11.2 Å². The summed E-state index contributed by atoms with van der Waals surface area (Å²) in [6, 6.07) is 13.2. The molecule has 1 aliphatic rings. The molecule has 0 spiro atoms. The van der Waals surface area contributed by atoms with Crippen molar-refractivity contribution in [2.24, 2.45) is 5.41 Å². The Bertz CT molecular complexity index is 1150. The Balaban J connectivity index is 0.000000638. The Kier molecular flexibility index (Phi) is 10.2. The number of carbonyl (C=O) groups is 4. The lowest BCUT2D eigenvalue weighted by Crippen LogP contribution is -2.73. The topological polar surface area (TPSA) is 133 Å². The van der Waals surface area contributed by atoms with Crippen molar-refractivity contribution in [3.8, 4) is 5.75 Å². The van der Waals surface area contributed by atoms with Crippen molar-refractivity contribution in [1.82, 2.24) is 10.2 Å². The molecule has 2 aromatic carbocycles. The second-order valence-corrected chi connectivity index (χ2v) is 9.03. The fraction of sp³-hybridized carbons (Fsp3) is 0.360. The van der Waals surface area contributed by atoms with Crippen molar-refractivity contribution < 1.29 is 47.3 Å². The van der Waals surface area contributed by atoms with Crippen molar-refractivity contribution in [2.75, 3.05) is 6.26 Å². The lowest BCUT2D eigenvalue weighted by Gasteiger charge is -2.53. The van der Waals surface area contributed by atoms with E-state index in [0.717, 1.165) is 15.4 Å². The predicted octanol–water partition coefficient (Wildman–Crippen LogP) is 5.00. The number of β-lactam (4-membered cyclic amide) rings is 1. The number of nitrogens with zero attached hydrogens (tertiary/aromatic N) is 1. The molecular formula is C25H27F3N2O7S. The Morgan fingerprint density at radius 1 is 1.03 bits per heavy atom. The number of aliphatic carboxylic acids is 1. The number of carboxylic acid groups (broad SMARTS) is 2. The van der Waals surface area contributed by atoms with E-state index in [1.54, 1.807) is 11.8 Å². The van der Waals surface area contributed by atoms with Crippen molar-refractivity contribution >= 4 is 35.6 Å². The van der Waals surface area contributed by atoms with Gasteiger partial charge in [0.15, 0.2) is 6.23 Å². The van der Waals surface area contributed by atoms with Gasteiger partial charge in [0.25, 0.3) is 0 Å². The van der Waals surface area contributed by atoms with E-state index in [1.807, 2.05) is 44.4 Å². The van der Waals surface area contributed by atoms with Gasteiger partial charge >= 0.3 is 24.1 Å². The molecule has 3 N–H and O–H groups in total. The Morgan fingerprint density at radius 3 is 1.97 bits per heavy atom. The molecule has 1 saturated heterocycles. The van der Waals surface area contributed by atoms with Crippen molar-refractivity contribution in [3.63, 3.8) is 0 Å². The zero-order valence-corrected chi connectivity index (χ0v) is 21.6. The van der Waals surface area contributed by atoms with Gasteiger partial charge in [-0.2, -0.15) is 13.2 Å². The van der Waals surface area contributed by atoms with Crippen LogP contribution in [0.25, 0.3) is 0 Å².